The quantitative estimate of drug-likeness (QED) is 0.493. The topological polar surface area (TPSA) is 89.8 Å². The van der Waals surface area contributed by atoms with E-state index in [4.69, 9.17) is 4.74 Å². The number of benzene rings is 2. The molecule has 0 bridgehead atoms. The maximum Gasteiger partial charge on any atom is 0.273 e. The number of hydrogen-bond donors (Lipinski definition) is 0. The van der Waals surface area contributed by atoms with Gasteiger partial charge in [0.1, 0.15) is 5.75 Å². The van der Waals surface area contributed by atoms with Crippen molar-refractivity contribution in [1.82, 2.24) is 0 Å². The Bertz CT molecular complexity index is 780. The van der Waals surface area contributed by atoms with Crippen LogP contribution in [0.15, 0.2) is 42.5 Å². The van der Waals surface area contributed by atoms with Gasteiger partial charge in [0.15, 0.2) is 0 Å². The first-order valence-electron chi connectivity index (χ1n) is 6.35. The molecule has 0 atom stereocenters. The van der Waals surface area contributed by atoms with Crippen molar-refractivity contribution in [2.75, 3.05) is 12.0 Å². The normalized spacial score (nSPS) is 13.2. The van der Waals surface area contributed by atoms with Gasteiger partial charge in [-0.05, 0) is 18.2 Å². The lowest BCUT2D eigenvalue weighted by atomic mass is 10.1. The Balaban J connectivity index is 2.11. The highest BCUT2D eigenvalue weighted by Gasteiger charge is 2.38. The summed E-state index contributed by atoms with van der Waals surface area (Å²) in [4.78, 5) is 36.0. The third-order valence-corrected chi connectivity index (χ3v) is 3.41. The molecular weight excluding hydrogens is 288 g/mol. The van der Waals surface area contributed by atoms with Gasteiger partial charge < -0.3 is 4.74 Å². The molecule has 1 aliphatic heterocycles. The molecule has 22 heavy (non-hydrogen) atoms. The Labute approximate surface area is 124 Å². The van der Waals surface area contributed by atoms with E-state index in [2.05, 4.69) is 0 Å². The SMILES string of the molecule is COc1cc([N+](=O)[O-])ccc1N1C(=O)c2ccccc2C1=O. The van der Waals surface area contributed by atoms with E-state index in [1.54, 1.807) is 24.3 Å². The van der Waals surface area contributed by atoms with E-state index in [1.807, 2.05) is 0 Å². The number of carbonyl (C=O) groups excluding carboxylic acids is 2. The Kier molecular flexibility index (Phi) is 3.10. The molecule has 0 fully saturated rings. The number of rotatable bonds is 3. The summed E-state index contributed by atoms with van der Waals surface area (Å²) in [7, 11) is 1.32. The molecule has 0 N–H and O–H groups in total. The predicted molar refractivity (Wildman–Crippen MR) is 77.2 cm³/mol. The van der Waals surface area contributed by atoms with Crippen LogP contribution in [-0.2, 0) is 0 Å². The molecule has 2 aromatic rings. The molecular formula is C15H10N2O5. The number of ether oxygens (including phenoxy) is 1. The predicted octanol–water partition coefficient (Wildman–Crippen LogP) is 2.40. The molecule has 0 saturated carbocycles. The maximum atomic E-state index is 12.4. The average Bonchev–Trinajstić information content (AvgIpc) is 2.78. The second-order valence-corrected chi connectivity index (χ2v) is 4.60. The van der Waals surface area contributed by atoms with Crippen LogP contribution in [0.1, 0.15) is 20.7 Å². The number of amides is 2. The Morgan fingerprint density at radius 1 is 1.05 bits per heavy atom. The van der Waals surface area contributed by atoms with E-state index in [0.717, 1.165) is 4.90 Å². The largest absolute Gasteiger partial charge is 0.494 e. The minimum Gasteiger partial charge on any atom is -0.494 e. The molecule has 0 aromatic heterocycles. The van der Waals surface area contributed by atoms with Crippen molar-refractivity contribution >= 4 is 23.2 Å². The van der Waals surface area contributed by atoms with Crippen LogP contribution in [0.2, 0.25) is 0 Å². The number of hydrogen-bond acceptors (Lipinski definition) is 5. The molecule has 110 valence electrons. The minimum atomic E-state index is -0.575. The smallest absolute Gasteiger partial charge is 0.273 e. The number of nitro benzene ring substituents is 1. The van der Waals surface area contributed by atoms with E-state index < -0.39 is 16.7 Å². The monoisotopic (exact) mass is 298 g/mol. The Hall–Kier alpha value is -3.22. The highest BCUT2D eigenvalue weighted by molar-refractivity contribution is 6.34. The molecule has 0 unspecified atom stereocenters. The van der Waals surface area contributed by atoms with E-state index >= 15 is 0 Å². The molecule has 1 heterocycles. The van der Waals surface area contributed by atoms with Crippen LogP contribution in [-0.4, -0.2) is 23.8 Å². The lowest BCUT2D eigenvalue weighted by Gasteiger charge is -2.16. The van der Waals surface area contributed by atoms with Gasteiger partial charge in [0, 0.05) is 6.07 Å². The van der Waals surface area contributed by atoms with Crippen molar-refractivity contribution in [3.05, 3.63) is 63.7 Å². The molecule has 2 amide bonds. The molecule has 2 aromatic carbocycles. The van der Waals surface area contributed by atoms with Gasteiger partial charge >= 0.3 is 0 Å². The van der Waals surface area contributed by atoms with E-state index in [9.17, 15) is 19.7 Å². The number of carbonyl (C=O) groups is 2. The van der Waals surface area contributed by atoms with Crippen LogP contribution in [0.3, 0.4) is 0 Å². The molecule has 1 aliphatic rings. The fraction of sp³-hybridized carbons (Fsp3) is 0.0667. The summed E-state index contributed by atoms with van der Waals surface area (Å²) in [6, 6.07) is 10.2. The summed E-state index contributed by atoms with van der Waals surface area (Å²) in [6.45, 7) is 0. The zero-order valence-corrected chi connectivity index (χ0v) is 11.5. The van der Waals surface area contributed by atoms with Crippen LogP contribution in [0.25, 0.3) is 0 Å². The van der Waals surface area contributed by atoms with Gasteiger partial charge in [-0.3, -0.25) is 19.7 Å². The van der Waals surface area contributed by atoms with Crippen LogP contribution >= 0.6 is 0 Å². The van der Waals surface area contributed by atoms with E-state index in [1.165, 1.54) is 25.3 Å². The van der Waals surface area contributed by atoms with Crippen molar-refractivity contribution in [1.29, 1.82) is 0 Å². The molecule has 3 rings (SSSR count). The van der Waals surface area contributed by atoms with Gasteiger partial charge in [-0.1, -0.05) is 12.1 Å². The van der Waals surface area contributed by atoms with Gasteiger partial charge in [0.05, 0.1) is 34.9 Å². The highest BCUT2D eigenvalue weighted by atomic mass is 16.6. The zero-order chi connectivity index (χ0) is 15.9. The van der Waals surface area contributed by atoms with Crippen LogP contribution in [0.5, 0.6) is 5.75 Å². The molecule has 0 radical (unpaired) electrons. The molecule has 0 aliphatic carbocycles. The van der Waals surface area contributed by atoms with Crippen LogP contribution in [0.4, 0.5) is 11.4 Å². The van der Waals surface area contributed by atoms with Crippen molar-refractivity contribution in [2.45, 2.75) is 0 Å². The summed E-state index contributed by atoms with van der Waals surface area (Å²) < 4.78 is 5.09. The molecule has 0 saturated heterocycles. The lowest BCUT2D eigenvalue weighted by molar-refractivity contribution is -0.384. The van der Waals surface area contributed by atoms with Gasteiger partial charge in [0.25, 0.3) is 17.5 Å². The van der Waals surface area contributed by atoms with Gasteiger partial charge in [0.2, 0.25) is 0 Å². The van der Waals surface area contributed by atoms with E-state index in [0.29, 0.717) is 11.1 Å². The molecule has 7 heteroatoms. The minimum absolute atomic E-state index is 0.0868. The third kappa shape index (κ3) is 1.91. The van der Waals surface area contributed by atoms with Crippen molar-refractivity contribution < 1.29 is 19.2 Å². The van der Waals surface area contributed by atoms with E-state index in [-0.39, 0.29) is 17.1 Å². The molecule has 7 nitrogen and oxygen atoms in total. The summed E-state index contributed by atoms with van der Waals surface area (Å²) in [5, 5.41) is 10.8. The lowest BCUT2D eigenvalue weighted by Crippen LogP contribution is -2.29. The van der Waals surface area contributed by atoms with Gasteiger partial charge in [-0.2, -0.15) is 0 Å². The summed E-state index contributed by atoms with van der Waals surface area (Å²) in [6.07, 6.45) is 0. The second-order valence-electron chi connectivity index (χ2n) is 4.60. The van der Waals surface area contributed by atoms with Gasteiger partial charge in [-0.15, -0.1) is 0 Å². The number of fused-ring (bicyclic) bond motifs is 1. The number of imide groups is 1. The maximum absolute atomic E-state index is 12.4. The van der Waals surface area contributed by atoms with Crippen molar-refractivity contribution in [3.63, 3.8) is 0 Å². The average molecular weight is 298 g/mol. The summed E-state index contributed by atoms with van der Waals surface area (Å²) in [5.41, 5.74) is 0.595. The zero-order valence-electron chi connectivity index (χ0n) is 11.5. The summed E-state index contributed by atoms with van der Waals surface area (Å²) >= 11 is 0. The first-order chi connectivity index (χ1) is 10.5. The number of anilines is 1. The second kappa shape index (κ2) is 4.96. The fourth-order valence-electron chi connectivity index (χ4n) is 2.37. The fourth-order valence-corrected chi connectivity index (χ4v) is 2.37. The first-order valence-corrected chi connectivity index (χ1v) is 6.35. The van der Waals surface area contributed by atoms with Crippen LogP contribution < -0.4 is 9.64 Å². The third-order valence-electron chi connectivity index (χ3n) is 3.41. The van der Waals surface area contributed by atoms with Crippen LogP contribution in [0, 0.1) is 10.1 Å². The first kappa shape index (κ1) is 13.7. The number of methoxy groups -OCH3 is 1. The number of nitrogens with zero attached hydrogens (tertiary/aromatic N) is 2. The van der Waals surface area contributed by atoms with Crippen molar-refractivity contribution in [2.24, 2.45) is 0 Å². The van der Waals surface area contributed by atoms with Gasteiger partial charge in [-0.25, -0.2) is 4.90 Å². The highest BCUT2D eigenvalue weighted by Crippen LogP contribution is 2.36. The Morgan fingerprint density at radius 3 is 2.14 bits per heavy atom. The number of nitro groups is 1. The Morgan fingerprint density at radius 2 is 1.64 bits per heavy atom. The summed E-state index contributed by atoms with van der Waals surface area (Å²) in [5.74, 6) is -0.871. The molecule has 0 spiro atoms. The number of non-ortho nitro benzene ring substituents is 1. The van der Waals surface area contributed by atoms with Crippen molar-refractivity contribution in [3.8, 4) is 5.75 Å². The standard InChI is InChI=1S/C15H10N2O5/c1-22-13-8-9(17(20)21)6-7-12(13)16-14(18)10-4-2-3-5-11(10)15(16)19/h2-8H,1H3.